The highest BCUT2D eigenvalue weighted by molar-refractivity contribution is 14.1. The van der Waals surface area contributed by atoms with Crippen molar-refractivity contribution in [3.8, 4) is 0 Å². The van der Waals surface area contributed by atoms with Crippen LogP contribution in [0.2, 0.25) is 0 Å². The summed E-state index contributed by atoms with van der Waals surface area (Å²) in [5, 5.41) is 0. The zero-order valence-corrected chi connectivity index (χ0v) is 9.58. The Kier molecular flexibility index (Phi) is 3.19. The zero-order valence-electron chi connectivity index (χ0n) is 7.43. The molecule has 0 aliphatic rings. The lowest BCUT2D eigenvalue weighted by molar-refractivity contribution is 0.100. The van der Waals surface area contributed by atoms with Gasteiger partial charge in [-0.25, -0.2) is 0 Å². The Hall–Kier alpha value is -0.710. The van der Waals surface area contributed by atoms with E-state index in [0.29, 0.717) is 11.1 Å². The molecule has 3 heteroatoms. The molecule has 0 N–H and O–H groups in total. The highest BCUT2D eigenvalue weighted by Crippen LogP contribution is 2.17. The Balaban J connectivity index is 3.47. The predicted molar refractivity (Wildman–Crippen MR) is 59.3 cm³/mol. The first-order valence-corrected chi connectivity index (χ1v) is 4.90. The van der Waals surface area contributed by atoms with Gasteiger partial charge in [-0.15, -0.1) is 0 Å². The van der Waals surface area contributed by atoms with Crippen molar-refractivity contribution in [1.82, 2.24) is 0 Å². The summed E-state index contributed by atoms with van der Waals surface area (Å²) in [6.07, 6.45) is 0.728. The second kappa shape index (κ2) is 4.00. The van der Waals surface area contributed by atoms with Crippen LogP contribution in [0.4, 0.5) is 0 Å². The van der Waals surface area contributed by atoms with Crippen molar-refractivity contribution in [2.75, 3.05) is 0 Å². The van der Waals surface area contributed by atoms with E-state index in [1.807, 2.05) is 13.0 Å². The molecular weight excluding hydrogens is 279 g/mol. The van der Waals surface area contributed by atoms with Crippen LogP contribution in [0.25, 0.3) is 0 Å². The Morgan fingerprint density at radius 3 is 2.54 bits per heavy atom. The van der Waals surface area contributed by atoms with E-state index in [9.17, 15) is 9.59 Å². The molecular formula is C10H9IO2. The lowest BCUT2D eigenvalue weighted by atomic mass is 10.00. The Labute approximate surface area is 90.5 Å². The number of Topliss-reactive ketones (excluding diaryl/α,β-unsaturated/α-hetero) is 1. The molecule has 0 radical (unpaired) electrons. The van der Waals surface area contributed by atoms with Gasteiger partial charge in [-0.3, -0.25) is 9.59 Å². The Morgan fingerprint density at radius 1 is 1.46 bits per heavy atom. The van der Waals surface area contributed by atoms with Gasteiger partial charge in [-0.1, -0.05) is 0 Å². The normalized spacial score (nSPS) is 9.77. The van der Waals surface area contributed by atoms with Crippen molar-refractivity contribution in [2.24, 2.45) is 0 Å². The van der Waals surface area contributed by atoms with Gasteiger partial charge in [-0.2, -0.15) is 0 Å². The number of halogens is 1. The van der Waals surface area contributed by atoms with Gasteiger partial charge >= 0.3 is 0 Å². The monoisotopic (exact) mass is 288 g/mol. The molecule has 0 bridgehead atoms. The topological polar surface area (TPSA) is 34.1 Å². The summed E-state index contributed by atoms with van der Waals surface area (Å²) in [7, 11) is 0. The molecule has 0 atom stereocenters. The fourth-order valence-electron chi connectivity index (χ4n) is 1.34. The predicted octanol–water partition coefficient (Wildman–Crippen LogP) is 2.61. The van der Waals surface area contributed by atoms with E-state index in [0.717, 1.165) is 15.4 Å². The lowest BCUT2D eigenvalue weighted by Gasteiger charge is -2.05. The van der Waals surface area contributed by atoms with Crippen LogP contribution in [-0.4, -0.2) is 12.1 Å². The Morgan fingerprint density at radius 2 is 2.08 bits per heavy atom. The van der Waals surface area contributed by atoms with Crippen molar-refractivity contribution < 1.29 is 9.59 Å². The third-order valence-corrected chi connectivity index (χ3v) is 2.43. The molecule has 0 aliphatic heterocycles. The van der Waals surface area contributed by atoms with E-state index >= 15 is 0 Å². The van der Waals surface area contributed by atoms with Gasteiger partial charge in [-0.05, 0) is 54.1 Å². The van der Waals surface area contributed by atoms with Gasteiger partial charge in [0.15, 0.2) is 12.1 Å². The van der Waals surface area contributed by atoms with E-state index < -0.39 is 0 Å². The molecule has 0 spiro atoms. The smallest absolute Gasteiger partial charge is 0.160 e. The highest BCUT2D eigenvalue weighted by atomic mass is 127. The third-order valence-electron chi connectivity index (χ3n) is 1.81. The van der Waals surface area contributed by atoms with Crippen molar-refractivity contribution in [3.05, 3.63) is 32.4 Å². The molecule has 0 saturated carbocycles. The number of benzene rings is 1. The minimum Gasteiger partial charge on any atom is -0.298 e. The highest BCUT2D eigenvalue weighted by Gasteiger charge is 2.10. The molecule has 0 aliphatic carbocycles. The number of aryl methyl sites for hydroxylation is 1. The van der Waals surface area contributed by atoms with Crippen molar-refractivity contribution >= 4 is 34.7 Å². The van der Waals surface area contributed by atoms with Crippen LogP contribution in [0, 0.1) is 10.5 Å². The van der Waals surface area contributed by atoms with Gasteiger partial charge in [0.05, 0.1) is 0 Å². The summed E-state index contributed by atoms with van der Waals surface area (Å²) in [5.74, 6) is -0.0593. The van der Waals surface area contributed by atoms with Crippen LogP contribution in [0.5, 0.6) is 0 Å². The van der Waals surface area contributed by atoms with Gasteiger partial charge in [0.2, 0.25) is 0 Å². The molecule has 0 unspecified atom stereocenters. The van der Waals surface area contributed by atoms with E-state index in [2.05, 4.69) is 22.6 Å². The van der Waals surface area contributed by atoms with Crippen LogP contribution in [0.3, 0.4) is 0 Å². The molecule has 0 fully saturated rings. The summed E-state index contributed by atoms with van der Waals surface area (Å²) >= 11 is 2.12. The maximum absolute atomic E-state index is 11.2. The minimum absolute atomic E-state index is 0.0593. The molecule has 1 rings (SSSR count). The summed E-state index contributed by atoms with van der Waals surface area (Å²) in [5.41, 5.74) is 1.88. The van der Waals surface area contributed by atoms with Crippen molar-refractivity contribution in [2.45, 2.75) is 13.8 Å². The van der Waals surface area contributed by atoms with Gasteiger partial charge < -0.3 is 0 Å². The molecule has 1 aromatic rings. The molecule has 13 heavy (non-hydrogen) atoms. The number of rotatable bonds is 2. The second-order valence-electron chi connectivity index (χ2n) is 2.86. The average molecular weight is 288 g/mol. The van der Waals surface area contributed by atoms with E-state index in [1.165, 1.54) is 6.92 Å². The fraction of sp³-hybridized carbons (Fsp3) is 0.200. The molecule has 0 heterocycles. The fourth-order valence-corrected chi connectivity index (χ4v) is 2.15. The van der Waals surface area contributed by atoms with Crippen LogP contribution in [0.1, 0.15) is 33.2 Å². The number of hydrogen-bond donors (Lipinski definition) is 0. The maximum atomic E-state index is 11.2. The average Bonchev–Trinajstić information content (AvgIpc) is 2.01. The molecule has 68 valence electrons. The third kappa shape index (κ3) is 2.15. The van der Waals surface area contributed by atoms with Gasteiger partial charge in [0.25, 0.3) is 0 Å². The maximum Gasteiger partial charge on any atom is 0.160 e. The molecule has 0 aromatic heterocycles. The largest absolute Gasteiger partial charge is 0.298 e. The number of carbonyl (C=O) groups excluding carboxylic acids is 2. The van der Waals surface area contributed by atoms with Gasteiger partial charge in [0, 0.05) is 14.7 Å². The lowest BCUT2D eigenvalue weighted by Crippen LogP contribution is -2.02. The van der Waals surface area contributed by atoms with Crippen molar-refractivity contribution in [3.63, 3.8) is 0 Å². The summed E-state index contributed by atoms with van der Waals surface area (Å²) in [4.78, 5) is 21.9. The molecule has 0 amide bonds. The first kappa shape index (κ1) is 10.4. The first-order chi connectivity index (χ1) is 6.06. The summed E-state index contributed by atoms with van der Waals surface area (Å²) < 4.78 is 0.974. The quantitative estimate of drug-likeness (QED) is 0.476. The van der Waals surface area contributed by atoms with Crippen LogP contribution < -0.4 is 0 Å². The number of hydrogen-bond acceptors (Lipinski definition) is 2. The van der Waals surface area contributed by atoms with Gasteiger partial charge in [0.1, 0.15) is 0 Å². The van der Waals surface area contributed by atoms with Crippen LogP contribution >= 0.6 is 22.6 Å². The number of aldehydes is 1. The van der Waals surface area contributed by atoms with E-state index in [-0.39, 0.29) is 5.78 Å². The molecule has 2 nitrogen and oxygen atoms in total. The molecule has 1 aromatic carbocycles. The first-order valence-electron chi connectivity index (χ1n) is 3.82. The van der Waals surface area contributed by atoms with Crippen LogP contribution in [-0.2, 0) is 0 Å². The summed E-state index contributed by atoms with van der Waals surface area (Å²) in [6.45, 7) is 3.31. The number of carbonyl (C=O) groups is 2. The minimum atomic E-state index is -0.0593. The SMILES string of the molecule is CC(=O)c1c(C)cc(I)cc1C=O. The summed E-state index contributed by atoms with van der Waals surface area (Å²) in [6, 6.07) is 3.61. The van der Waals surface area contributed by atoms with E-state index in [4.69, 9.17) is 0 Å². The Bertz CT molecular complexity index is 369. The van der Waals surface area contributed by atoms with Crippen LogP contribution in [0.15, 0.2) is 12.1 Å². The standard InChI is InChI=1S/C10H9IO2/c1-6-3-9(11)4-8(5-12)10(6)7(2)13/h3-5H,1-2H3. The number of ketones is 1. The second-order valence-corrected chi connectivity index (χ2v) is 4.11. The zero-order chi connectivity index (χ0) is 10.0. The van der Waals surface area contributed by atoms with E-state index in [1.54, 1.807) is 6.07 Å². The van der Waals surface area contributed by atoms with Crippen molar-refractivity contribution in [1.29, 1.82) is 0 Å². The molecule has 0 saturated heterocycles.